The van der Waals surface area contributed by atoms with Gasteiger partial charge in [0.05, 0.1) is 16.4 Å². The Bertz CT molecular complexity index is 677. The average molecular weight is 325 g/mol. The van der Waals surface area contributed by atoms with Crippen LogP contribution in [-0.4, -0.2) is 18.2 Å². The molecule has 2 heterocycles. The lowest BCUT2D eigenvalue weighted by Crippen LogP contribution is -2.16. The molecule has 1 aliphatic rings. The predicted molar refractivity (Wildman–Crippen MR) is 83.8 cm³/mol. The minimum Gasteiger partial charge on any atom is -0.486 e. The molecule has 1 aliphatic heterocycles. The van der Waals surface area contributed by atoms with Crippen LogP contribution in [0.15, 0.2) is 24.3 Å². The molecule has 0 atom stereocenters. The van der Waals surface area contributed by atoms with Gasteiger partial charge < -0.3 is 14.8 Å². The van der Waals surface area contributed by atoms with Crippen molar-refractivity contribution in [2.45, 2.75) is 13.5 Å². The second kappa shape index (κ2) is 6.00. The Balaban J connectivity index is 1.77. The van der Waals surface area contributed by atoms with Gasteiger partial charge in [-0.15, -0.1) is 0 Å². The number of nitrogens with zero attached hydrogens (tertiary/aromatic N) is 1. The van der Waals surface area contributed by atoms with Crippen LogP contribution in [0.1, 0.15) is 11.3 Å². The Morgan fingerprint density at radius 3 is 2.81 bits per heavy atom. The van der Waals surface area contributed by atoms with Gasteiger partial charge in [0.15, 0.2) is 11.5 Å². The molecular weight excluding hydrogens is 311 g/mol. The first-order valence-corrected chi connectivity index (χ1v) is 7.34. The molecule has 1 aromatic heterocycles. The molecule has 21 heavy (non-hydrogen) atoms. The quantitative estimate of drug-likeness (QED) is 0.864. The summed E-state index contributed by atoms with van der Waals surface area (Å²) in [5.74, 6) is 1.31. The Labute approximate surface area is 133 Å². The molecule has 0 saturated heterocycles. The molecule has 1 N–H and O–H groups in total. The molecule has 0 unspecified atom stereocenters. The van der Waals surface area contributed by atoms with E-state index in [0.29, 0.717) is 41.4 Å². The highest BCUT2D eigenvalue weighted by Gasteiger charge is 2.16. The number of halogens is 2. The molecule has 110 valence electrons. The van der Waals surface area contributed by atoms with Crippen molar-refractivity contribution in [3.8, 4) is 11.5 Å². The summed E-state index contributed by atoms with van der Waals surface area (Å²) in [6.45, 7) is 3.59. The Kier molecular flexibility index (Phi) is 4.08. The molecule has 0 amide bonds. The largest absolute Gasteiger partial charge is 0.486 e. The van der Waals surface area contributed by atoms with E-state index in [2.05, 4.69) is 10.3 Å². The number of nitrogens with one attached hydrogen (secondary N) is 1. The highest BCUT2D eigenvalue weighted by Crippen LogP contribution is 2.38. The fourth-order valence-corrected chi connectivity index (χ4v) is 2.66. The summed E-state index contributed by atoms with van der Waals surface area (Å²) in [5.41, 5.74) is 2.80. The van der Waals surface area contributed by atoms with E-state index in [4.69, 9.17) is 32.7 Å². The summed E-state index contributed by atoms with van der Waals surface area (Å²) in [6.07, 6.45) is 0. The number of aryl methyl sites for hydroxylation is 1. The topological polar surface area (TPSA) is 43.4 Å². The standard InChI is InChI=1S/C15H14Cl2N2O2/c1-9-12(2-3-14(17)19-9)18-8-10-6-11(16)15-13(7-10)20-4-5-21-15/h2-3,6-7,18H,4-5,8H2,1H3. The first kappa shape index (κ1) is 14.3. The van der Waals surface area contributed by atoms with Gasteiger partial charge in [-0.1, -0.05) is 23.2 Å². The van der Waals surface area contributed by atoms with Crippen LogP contribution in [0.2, 0.25) is 10.2 Å². The first-order valence-electron chi connectivity index (χ1n) is 6.58. The van der Waals surface area contributed by atoms with Crippen molar-refractivity contribution in [1.82, 2.24) is 4.98 Å². The van der Waals surface area contributed by atoms with Gasteiger partial charge in [-0.25, -0.2) is 4.98 Å². The number of fused-ring (bicyclic) bond motifs is 1. The maximum atomic E-state index is 6.22. The van der Waals surface area contributed by atoms with Crippen LogP contribution in [-0.2, 0) is 6.54 Å². The third-order valence-corrected chi connectivity index (χ3v) is 3.68. The van der Waals surface area contributed by atoms with Gasteiger partial charge in [-0.05, 0) is 36.8 Å². The second-order valence-corrected chi connectivity index (χ2v) is 5.52. The van der Waals surface area contributed by atoms with Crippen molar-refractivity contribution < 1.29 is 9.47 Å². The van der Waals surface area contributed by atoms with Gasteiger partial charge in [0.25, 0.3) is 0 Å². The highest BCUT2D eigenvalue weighted by molar-refractivity contribution is 6.32. The molecule has 2 aromatic rings. The van der Waals surface area contributed by atoms with E-state index in [1.807, 2.05) is 25.1 Å². The molecule has 1 aromatic carbocycles. The van der Waals surface area contributed by atoms with Gasteiger partial charge in [0.1, 0.15) is 18.4 Å². The number of benzene rings is 1. The first-order chi connectivity index (χ1) is 10.1. The van der Waals surface area contributed by atoms with E-state index in [9.17, 15) is 0 Å². The fourth-order valence-electron chi connectivity index (χ4n) is 2.18. The average Bonchev–Trinajstić information content (AvgIpc) is 2.46. The maximum absolute atomic E-state index is 6.22. The molecule has 0 spiro atoms. The van der Waals surface area contributed by atoms with Crippen LogP contribution in [0.3, 0.4) is 0 Å². The van der Waals surface area contributed by atoms with E-state index in [1.165, 1.54) is 0 Å². The molecule has 6 heteroatoms. The normalized spacial score (nSPS) is 13.1. The minimum absolute atomic E-state index is 0.487. The van der Waals surface area contributed by atoms with Crippen molar-refractivity contribution in [2.75, 3.05) is 18.5 Å². The molecule has 0 aliphatic carbocycles. The molecule has 0 radical (unpaired) electrons. The zero-order valence-corrected chi connectivity index (χ0v) is 13.0. The number of hydrogen-bond acceptors (Lipinski definition) is 4. The van der Waals surface area contributed by atoms with Gasteiger partial charge >= 0.3 is 0 Å². The van der Waals surface area contributed by atoms with Crippen LogP contribution < -0.4 is 14.8 Å². The summed E-state index contributed by atoms with van der Waals surface area (Å²) < 4.78 is 11.1. The van der Waals surface area contributed by atoms with Crippen molar-refractivity contribution in [3.63, 3.8) is 0 Å². The molecule has 4 nitrogen and oxygen atoms in total. The smallest absolute Gasteiger partial charge is 0.179 e. The van der Waals surface area contributed by atoms with Crippen molar-refractivity contribution in [3.05, 3.63) is 45.7 Å². The second-order valence-electron chi connectivity index (χ2n) is 4.72. The molecule has 0 saturated carbocycles. The van der Waals surface area contributed by atoms with E-state index >= 15 is 0 Å². The van der Waals surface area contributed by atoms with Crippen LogP contribution in [0.5, 0.6) is 11.5 Å². The van der Waals surface area contributed by atoms with Crippen molar-refractivity contribution in [2.24, 2.45) is 0 Å². The van der Waals surface area contributed by atoms with Gasteiger partial charge in [0, 0.05) is 6.54 Å². The summed E-state index contributed by atoms with van der Waals surface area (Å²) >= 11 is 12.1. The molecule has 0 fully saturated rings. The lowest BCUT2D eigenvalue weighted by Gasteiger charge is -2.20. The van der Waals surface area contributed by atoms with Gasteiger partial charge in [-0.2, -0.15) is 0 Å². The van der Waals surface area contributed by atoms with Crippen molar-refractivity contribution >= 4 is 28.9 Å². The zero-order valence-electron chi connectivity index (χ0n) is 11.5. The number of anilines is 1. The maximum Gasteiger partial charge on any atom is 0.179 e. The third kappa shape index (κ3) is 3.17. The third-order valence-electron chi connectivity index (χ3n) is 3.19. The Morgan fingerprint density at radius 1 is 1.19 bits per heavy atom. The van der Waals surface area contributed by atoms with E-state index in [-0.39, 0.29) is 0 Å². The van der Waals surface area contributed by atoms with Gasteiger partial charge in [-0.3, -0.25) is 0 Å². The summed E-state index contributed by atoms with van der Waals surface area (Å²) in [4.78, 5) is 4.21. The van der Waals surface area contributed by atoms with Crippen LogP contribution >= 0.6 is 23.2 Å². The number of ether oxygens (including phenoxy) is 2. The SMILES string of the molecule is Cc1nc(Cl)ccc1NCc1cc(Cl)c2c(c1)OCCO2. The summed E-state index contributed by atoms with van der Waals surface area (Å²) in [5, 5.41) is 4.37. The summed E-state index contributed by atoms with van der Waals surface area (Å²) in [7, 11) is 0. The van der Waals surface area contributed by atoms with Crippen LogP contribution in [0.25, 0.3) is 0 Å². The van der Waals surface area contributed by atoms with Crippen molar-refractivity contribution in [1.29, 1.82) is 0 Å². The van der Waals surface area contributed by atoms with E-state index in [1.54, 1.807) is 6.07 Å². The lowest BCUT2D eigenvalue weighted by molar-refractivity contribution is 0.171. The predicted octanol–water partition coefficient (Wildman–Crippen LogP) is 4.08. The molecular formula is C15H14Cl2N2O2. The zero-order chi connectivity index (χ0) is 14.8. The number of rotatable bonds is 3. The van der Waals surface area contributed by atoms with Gasteiger partial charge in [0.2, 0.25) is 0 Å². The molecule has 0 bridgehead atoms. The number of hydrogen-bond donors (Lipinski definition) is 1. The lowest BCUT2D eigenvalue weighted by atomic mass is 10.2. The van der Waals surface area contributed by atoms with E-state index in [0.717, 1.165) is 16.9 Å². The highest BCUT2D eigenvalue weighted by atomic mass is 35.5. The molecule has 3 rings (SSSR count). The Morgan fingerprint density at radius 2 is 2.00 bits per heavy atom. The van der Waals surface area contributed by atoms with Crippen LogP contribution in [0.4, 0.5) is 5.69 Å². The number of pyridine rings is 1. The number of aromatic nitrogens is 1. The Hall–Kier alpha value is -1.65. The minimum atomic E-state index is 0.487. The van der Waals surface area contributed by atoms with Crippen LogP contribution in [0, 0.1) is 6.92 Å². The monoisotopic (exact) mass is 324 g/mol. The summed E-state index contributed by atoms with van der Waals surface area (Å²) in [6, 6.07) is 7.48. The van der Waals surface area contributed by atoms with E-state index < -0.39 is 0 Å². The fraction of sp³-hybridized carbons (Fsp3) is 0.267.